The van der Waals surface area contributed by atoms with Crippen LogP contribution in [0.4, 0.5) is 0 Å². The van der Waals surface area contributed by atoms with Gasteiger partial charge in [0.25, 0.3) is 0 Å². The number of aryl methyl sites for hydroxylation is 1. The molecule has 1 heterocycles. The van der Waals surface area contributed by atoms with Crippen LogP contribution in [-0.2, 0) is 0 Å². The molecule has 0 amide bonds. The Bertz CT molecular complexity index is 794. The predicted molar refractivity (Wildman–Crippen MR) is 78.5 cm³/mol. The van der Waals surface area contributed by atoms with Crippen LogP contribution in [0.3, 0.4) is 0 Å². The Hall–Kier alpha value is -2.95. The molecule has 0 aliphatic heterocycles. The van der Waals surface area contributed by atoms with Crippen molar-refractivity contribution in [1.82, 2.24) is 15.0 Å². The first-order valence-electron chi connectivity index (χ1n) is 6.47. The standard InChI is InChI=1S/C16H13N3O2/c1-11-7-8-13(14(9-11)16(20)21)15-10-17-18-19(15)12-5-3-2-4-6-12/h2-10H,1H3,(H,20,21). The number of para-hydroxylation sites is 1. The van der Waals surface area contributed by atoms with Gasteiger partial charge in [-0.1, -0.05) is 41.1 Å². The zero-order chi connectivity index (χ0) is 14.8. The summed E-state index contributed by atoms with van der Waals surface area (Å²) in [6.07, 6.45) is 1.57. The Balaban J connectivity index is 2.20. The maximum absolute atomic E-state index is 11.5. The first-order chi connectivity index (χ1) is 10.2. The number of carboxylic acids is 1. The van der Waals surface area contributed by atoms with Crippen molar-refractivity contribution >= 4 is 5.97 Å². The van der Waals surface area contributed by atoms with Crippen molar-refractivity contribution in [2.75, 3.05) is 0 Å². The van der Waals surface area contributed by atoms with Crippen molar-refractivity contribution in [2.24, 2.45) is 0 Å². The minimum atomic E-state index is -0.963. The van der Waals surface area contributed by atoms with Gasteiger partial charge >= 0.3 is 5.97 Å². The zero-order valence-corrected chi connectivity index (χ0v) is 11.4. The quantitative estimate of drug-likeness (QED) is 0.800. The van der Waals surface area contributed by atoms with Crippen LogP contribution in [-0.4, -0.2) is 26.1 Å². The van der Waals surface area contributed by atoms with Crippen LogP contribution in [0, 0.1) is 6.92 Å². The molecule has 1 N–H and O–H groups in total. The van der Waals surface area contributed by atoms with Gasteiger partial charge in [-0.15, -0.1) is 5.10 Å². The second-order valence-corrected chi connectivity index (χ2v) is 4.72. The molecule has 0 spiro atoms. The highest BCUT2D eigenvalue weighted by Crippen LogP contribution is 2.26. The molecule has 0 bridgehead atoms. The van der Waals surface area contributed by atoms with Gasteiger partial charge in [0.2, 0.25) is 0 Å². The van der Waals surface area contributed by atoms with E-state index in [1.807, 2.05) is 43.3 Å². The molecule has 0 radical (unpaired) electrons. The highest BCUT2D eigenvalue weighted by molar-refractivity contribution is 5.95. The van der Waals surface area contributed by atoms with Gasteiger partial charge in [-0.2, -0.15) is 0 Å². The van der Waals surface area contributed by atoms with E-state index in [4.69, 9.17) is 0 Å². The largest absolute Gasteiger partial charge is 0.478 e. The summed E-state index contributed by atoms with van der Waals surface area (Å²) in [5.74, 6) is -0.963. The third kappa shape index (κ3) is 2.41. The van der Waals surface area contributed by atoms with Crippen LogP contribution in [0.25, 0.3) is 16.9 Å². The predicted octanol–water partition coefficient (Wildman–Crippen LogP) is 2.94. The molecule has 5 nitrogen and oxygen atoms in total. The number of hydrogen-bond acceptors (Lipinski definition) is 3. The molecular formula is C16H13N3O2. The summed E-state index contributed by atoms with van der Waals surface area (Å²) >= 11 is 0. The molecule has 1 aromatic heterocycles. The molecule has 0 aliphatic rings. The van der Waals surface area contributed by atoms with Gasteiger partial charge in [-0.3, -0.25) is 0 Å². The van der Waals surface area contributed by atoms with Crippen LogP contribution >= 0.6 is 0 Å². The van der Waals surface area contributed by atoms with Crippen molar-refractivity contribution in [2.45, 2.75) is 6.92 Å². The van der Waals surface area contributed by atoms with Gasteiger partial charge in [0.05, 0.1) is 23.1 Å². The van der Waals surface area contributed by atoms with Crippen molar-refractivity contribution < 1.29 is 9.90 Å². The van der Waals surface area contributed by atoms with E-state index in [2.05, 4.69) is 10.3 Å². The number of rotatable bonds is 3. The molecular weight excluding hydrogens is 266 g/mol. The van der Waals surface area contributed by atoms with Crippen molar-refractivity contribution in [3.63, 3.8) is 0 Å². The average Bonchev–Trinajstić information content (AvgIpc) is 2.97. The van der Waals surface area contributed by atoms with E-state index in [1.165, 1.54) is 0 Å². The Kier molecular flexibility index (Phi) is 3.23. The van der Waals surface area contributed by atoms with Gasteiger partial charge in [0.1, 0.15) is 0 Å². The Labute approximate surface area is 121 Å². The normalized spacial score (nSPS) is 10.5. The van der Waals surface area contributed by atoms with E-state index in [0.717, 1.165) is 11.3 Å². The molecule has 3 rings (SSSR count). The SMILES string of the molecule is Cc1ccc(-c2cnnn2-c2ccccc2)c(C(=O)O)c1. The number of aromatic carboxylic acids is 1. The Morgan fingerprint density at radius 2 is 1.90 bits per heavy atom. The zero-order valence-electron chi connectivity index (χ0n) is 11.4. The van der Waals surface area contributed by atoms with Crippen LogP contribution in [0.5, 0.6) is 0 Å². The number of hydrogen-bond donors (Lipinski definition) is 1. The molecule has 2 aromatic carbocycles. The molecule has 0 aliphatic carbocycles. The summed E-state index contributed by atoms with van der Waals surface area (Å²) in [6, 6.07) is 14.8. The van der Waals surface area contributed by atoms with E-state index in [0.29, 0.717) is 11.3 Å². The summed E-state index contributed by atoms with van der Waals surface area (Å²) in [5, 5.41) is 17.4. The lowest BCUT2D eigenvalue weighted by Gasteiger charge is -2.09. The second-order valence-electron chi connectivity index (χ2n) is 4.72. The van der Waals surface area contributed by atoms with E-state index in [9.17, 15) is 9.90 Å². The van der Waals surface area contributed by atoms with Gasteiger partial charge in [0, 0.05) is 5.56 Å². The van der Waals surface area contributed by atoms with Gasteiger partial charge in [0.15, 0.2) is 0 Å². The number of carbonyl (C=O) groups is 1. The molecule has 0 fully saturated rings. The fourth-order valence-corrected chi connectivity index (χ4v) is 2.24. The first kappa shape index (κ1) is 13.1. The molecule has 0 unspecified atom stereocenters. The van der Waals surface area contributed by atoms with Crippen LogP contribution in [0.2, 0.25) is 0 Å². The van der Waals surface area contributed by atoms with E-state index in [1.54, 1.807) is 23.0 Å². The maximum atomic E-state index is 11.5. The van der Waals surface area contributed by atoms with Crippen LogP contribution < -0.4 is 0 Å². The monoisotopic (exact) mass is 279 g/mol. The highest BCUT2D eigenvalue weighted by Gasteiger charge is 2.16. The Morgan fingerprint density at radius 3 is 2.62 bits per heavy atom. The summed E-state index contributed by atoms with van der Waals surface area (Å²) in [7, 11) is 0. The topological polar surface area (TPSA) is 68.0 Å². The van der Waals surface area contributed by atoms with Gasteiger partial charge in [-0.05, 0) is 25.1 Å². The number of carboxylic acid groups (broad SMARTS) is 1. The average molecular weight is 279 g/mol. The smallest absolute Gasteiger partial charge is 0.336 e. The number of benzene rings is 2. The third-order valence-electron chi connectivity index (χ3n) is 3.23. The summed E-state index contributed by atoms with van der Waals surface area (Å²) in [4.78, 5) is 11.5. The van der Waals surface area contributed by atoms with Crippen molar-refractivity contribution in [3.05, 3.63) is 65.9 Å². The number of nitrogens with zero attached hydrogens (tertiary/aromatic N) is 3. The summed E-state index contributed by atoms with van der Waals surface area (Å²) in [6.45, 7) is 1.86. The summed E-state index contributed by atoms with van der Waals surface area (Å²) < 4.78 is 1.64. The van der Waals surface area contributed by atoms with Crippen molar-refractivity contribution in [3.8, 4) is 16.9 Å². The third-order valence-corrected chi connectivity index (χ3v) is 3.23. The van der Waals surface area contributed by atoms with Gasteiger partial charge < -0.3 is 5.11 Å². The molecule has 104 valence electrons. The minimum absolute atomic E-state index is 0.245. The van der Waals surface area contributed by atoms with Crippen LogP contribution in [0.1, 0.15) is 15.9 Å². The molecule has 3 aromatic rings. The molecule has 0 atom stereocenters. The molecule has 5 heteroatoms. The van der Waals surface area contributed by atoms with E-state index < -0.39 is 5.97 Å². The lowest BCUT2D eigenvalue weighted by atomic mass is 10.0. The highest BCUT2D eigenvalue weighted by atomic mass is 16.4. The van der Waals surface area contributed by atoms with Gasteiger partial charge in [-0.25, -0.2) is 9.48 Å². The van der Waals surface area contributed by atoms with Crippen LogP contribution in [0.15, 0.2) is 54.7 Å². The van der Waals surface area contributed by atoms with E-state index in [-0.39, 0.29) is 5.56 Å². The molecule has 21 heavy (non-hydrogen) atoms. The van der Waals surface area contributed by atoms with E-state index >= 15 is 0 Å². The second kappa shape index (κ2) is 5.20. The maximum Gasteiger partial charge on any atom is 0.336 e. The lowest BCUT2D eigenvalue weighted by Crippen LogP contribution is -2.04. The molecule has 0 saturated heterocycles. The molecule has 0 saturated carbocycles. The Morgan fingerprint density at radius 1 is 1.14 bits per heavy atom. The van der Waals surface area contributed by atoms with Crippen molar-refractivity contribution in [1.29, 1.82) is 0 Å². The fourth-order valence-electron chi connectivity index (χ4n) is 2.24. The fraction of sp³-hybridized carbons (Fsp3) is 0.0625. The minimum Gasteiger partial charge on any atom is -0.478 e. The first-order valence-corrected chi connectivity index (χ1v) is 6.47. The lowest BCUT2D eigenvalue weighted by molar-refractivity contribution is 0.0697. The number of aromatic nitrogens is 3. The summed E-state index contributed by atoms with van der Waals surface area (Å²) in [5.41, 5.74) is 3.23.